The first-order valence-corrected chi connectivity index (χ1v) is 7.57. The summed E-state index contributed by atoms with van der Waals surface area (Å²) in [4.78, 5) is 14.3. The standard InChI is InChI=1S/C15H30N2O2/c1-5-19-14(18)15(4,16)9-6-10-17(11-12(2)3)13-7-8-13/h12-13H,5-11,16H2,1-4H3. The highest BCUT2D eigenvalue weighted by Crippen LogP contribution is 2.28. The largest absolute Gasteiger partial charge is 0.465 e. The van der Waals surface area contributed by atoms with Gasteiger partial charge >= 0.3 is 5.97 Å². The summed E-state index contributed by atoms with van der Waals surface area (Å²) in [6.07, 6.45) is 4.29. The average Bonchev–Trinajstić information content (AvgIpc) is 3.11. The van der Waals surface area contributed by atoms with Crippen LogP contribution < -0.4 is 5.73 Å². The van der Waals surface area contributed by atoms with Gasteiger partial charge in [-0.05, 0) is 52.0 Å². The number of hydrogen-bond acceptors (Lipinski definition) is 4. The molecule has 2 N–H and O–H groups in total. The summed E-state index contributed by atoms with van der Waals surface area (Å²) in [5.74, 6) is 0.409. The maximum Gasteiger partial charge on any atom is 0.325 e. The number of carbonyl (C=O) groups excluding carboxylic acids is 1. The van der Waals surface area contributed by atoms with Gasteiger partial charge in [-0.1, -0.05) is 13.8 Å². The fourth-order valence-electron chi connectivity index (χ4n) is 2.38. The van der Waals surface area contributed by atoms with Crippen molar-refractivity contribution in [1.82, 2.24) is 4.90 Å². The zero-order chi connectivity index (χ0) is 14.5. The number of nitrogens with zero attached hydrogens (tertiary/aromatic N) is 1. The van der Waals surface area contributed by atoms with Gasteiger partial charge in [-0.25, -0.2) is 0 Å². The Kier molecular flexibility index (Phi) is 6.27. The van der Waals surface area contributed by atoms with E-state index in [1.165, 1.54) is 12.8 Å². The third-order valence-corrected chi connectivity index (χ3v) is 3.55. The molecule has 1 fully saturated rings. The van der Waals surface area contributed by atoms with Crippen LogP contribution in [0.2, 0.25) is 0 Å². The van der Waals surface area contributed by atoms with Crippen LogP contribution in [0, 0.1) is 5.92 Å². The van der Waals surface area contributed by atoms with Crippen molar-refractivity contribution in [2.45, 2.75) is 65.0 Å². The Morgan fingerprint density at radius 2 is 2.11 bits per heavy atom. The first-order valence-electron chi connectivity index (χ1n) is 7.57. The lowest BCUT2D eigenvalue weighted by atomic mass is 9.97. The topological polar surface area (TPSA) is 55.6 Å². The van der Waals surface area contributed by atoms with E-state index in [0.717, 1.165) is 25.6 Å². The van der Waals surface area contributed by atoms with E-state index in [1.807, 2.05) is 6.92 Å². The molecule has 112 valence electrons. The zero-order valence-electron chi connectivity index (χ0n) is 12.9. The average molecular weight is 270 g/mol. The third-order valence-electron chi connectivity index (χ3n) is 3.55. The van der Waals surface area contributed by atoms with E-state index < -0.39 is 5.54 Å². The molecule has 1 unspecified atom stereocenters. The number of carbonyl (C=O) groups is 1. The fraction of sp³-hybridized carbons (Fsp3) is 0.933. The quantitative estimate of drug-likeness (QED) is 0.652. The minimum atomic E-state index is -0.844. The number of esters is 1. The molecule has 0 heterocycles. The van der Waals surface area contributed by atoms with Gasteiger partial charge in [-0.3, -0.25) is 4.79 Å². The van der Waals surface area contributed by atoms with Gasteiger partial charge in [0.2, 0.25) is 0 Å². The van der Waals surface area contributed by atoms with Gasteiger partial charge < -0.3 is 15.4 Å². The first kappa shape index (κ1) is 16.4. The van der Waals surface area contributed by atoms with Gasteiger partial charge in [0.15, 0.2) is 0 Å². The normalized spacial score (nSPS) is 18.7. The third kappa shape index (κ3) is 5.91. The number of rotatable bonds is 9. The van der Waals surface area contributed by atoms with Crippen molar-refractivity contribution in [3.63, 3.8) is 0 Å². The van der Waals surface area contributed by atoms with Gasteiger partial charge in [-0.2, -0.15) is 0 Å². The van der Waals surface area contributed by atoms with E-state index >= 15 is 0 Å². The summed E-state index contributed by atoms with van der Waals surface area (Å²) in [6.45, 7) is 10.7. The molecule has 1 aliphatic carbocycles. The lowest BCUT2D eigenvalue weighted by Gasteiger charge is -2.27. The smallest absolute Gasteiger partial charge is 0.325 e. The molecule has 0 spiro atoms. The van der Waals surface area contributed by atoms with Gasteiger partial charge in [-0.15, -0.1) is 0 Å². The predicted molar refractivity (Wildman–Crippen MR) is 77.9 cm³/mol. The molecular weight excluding hydrogens is 240 g/mol. The summed E-state index contributed by atoms with van der Waals surface area (Å²) >= 11 is 0. The Hall–Kier alpha value is -0.610. The van der Waals surface area contributed by atoms with Crippen molar-refractivity contribution in [3.8, 4) is 0 Å². The van der Waals surface area contributed by atoms with E-state index in [-0.39, 0.29) is 5.97 Å². The van der Waals surface area contributed by atoms with Crippen LogP contribution in [-0.2, 0) is 9.53 Å². The van der Waals surface area contributed by atoms with E-state index in [1.54, 1.807) is 6.92 Å². The van der Waals surface area contributed by atoms with Crippen LogP contribution in [0.15, 0.2) is 0 Å². The van der Waals surface area contributed by atoms with Crippen LogP contribution in [0.4, 0.5) is 0 Å². The molecule has 0 aromatic carbocycles. The summed E-state index contributed by atoms with van der Waals surface area (Å²) in [6, 6.07) is 0.772. The van der Waals surface area contributed by atoms with E-state index in [0.29, 0.717) is 18.9 Å². The highest BCUT2D eigenvalue weighted by atomic mass is 16.5. The zero-order valence-corrected chi connectivity index (χ0v) is 12.9. The molecule has 4 heteroatoms. The molecule has 19 heavy (non-hydrogen) atoms. The molecule has 1 rings (SSSR count). The molecule has 4 nitrogen and oxygen atoms in total. The van der Waals surface area contributed by atoms with E-state index in [4.69, 9.17) is 10.5 Å². The fourth-order valence-corrected chi connectivity index (χ4v) is 2.38. The van der Waals surface area contributed by atoms with Crippen molar-refractivity contribution in [2.24, 2.45) is 11.7 Å². The molecule has 0 radical (unpaired) electrons. The lowest BCUT2D eigenvalue weighted by molar-refractivity contribution is -0.149. The molecule has 0 aromatic rings. The lowest BCUT2D eigenvalue weighted by Crippen LogP contribution is -2.46. The second-order valence-electron chi connectivity index (χ2n) is 6.36. The number of ether oxygens (including phenoxy) is 1. The van der Waals surface area contributed by atoms with Crippen LogP contribution in [0.3, 0.4) is 0 Å². The van der Waals surface area contributed by atoms with Crippen molar-refractivity contribution >= 4 is 5.97 Å². The van der Waals surface area contributed by atoms with Crippen LogP contribution in [0.25, 0.3) is 0 Å². The van der Waals surface area contributed by atoms with Crippen LogP contribution in [-0.4, -0.2) is 42.1 Å². The van der Waals surface area contributed by atoms with E-state index in [9.17, 15) is 4.79 Å². The molecule has 0 amide bonds. The monoisotopic (exact) mass is 270 g/mol. The highest BCUT2D eigenvalue weighted by molar-refractivity contribution is 5.79. The second-order valence-corrected chi connectivity index (χ2v) is 6.36. The maximum absolute atomic E-state index is 11.7. The van der Waals surface area contributed by atoms with Gasteiger partial charge in [0, 0.05) is 12.6 Å². The molecular formula is C15H30N2O2. The van der Waals surface area contributed by atoms with Gasteiger partial charge in [0.1, 0.15) is 5.54 Å². The molecule has 0 aromatic heterocycles. The molecule has 0 bridgehead atoms. The van der Waals surface area contributed by atoms with Crippen LogP contribution in [0.1, 0.15) is 53.4 Å². The Morgan fingerprint density at radius 1 is 1.47 bits per heavy atom. The summed E-state index contributed by atoms with van der Waals surface area (Å²) in [5, 5.41) is 0. The molecule has 0 saturated heterocycles. The van der Waals surface area contributed by atoms with Crippen molar-refractivity contribution in [1.29, 1.82) is 0 Å². The molecule has 0 aliphatic heterocycles. The first-order chi connectivity index (χ1) is 8.86. The SMILES string of the molecule is CCOC(=O)C(C)(N)CCCN(CC(C)C)C1CC1. The summed E-state index contributed by atoms with van der Waals surface area (Å²) in [7, 11) is 0. The predicted octanol–water partition coefficient (Wildman–Crippen LogP) is 2.17. The van der Waals surface area contributed by atoms with Crippen LogP contribution in [0.5, 0.6) is 0 Å². The Labute approximate surface area is 117 Å². The van der Waals surface area contributed by atoms with E-state index in [2.05, 4.69) is 18.7 Å². The summed E-state index contributed by atoms with van der Waals surface area (Å²) in [5.41, 5.74) is 5.19. The van der Waals surface area contributed by atoms with Gasteiger partial charge in [0.25, 0.3) is 0 Å². The van der Waals surface area contributed by atoms with Crippen molar-refractivity contribution < 1.29 is 9.53 Å². The Bertz CT molecular complexity index is 286. The van der Waals surface area contributed by atoms with Crippen LogP contribution >= 0.6 is 0 Å². The number of nitrogens with two attached hydrogens (primary N) is 1. The minimum Gasteiger partial charge on any atom is -0.465 e. The second kappa shape index (κ2) is 7.25. The molecule has 1 aliphatic rings. The van der Waals surface area contributed by atoms with Gasteiger partial charge in [0.05, 0.1) is 6.61 Å². The highest BCUT2D eigenvalue weighted by Gasteiger charge is 2.32. The number of hydrogen-bond donors (Lipinski definition) is 1. The summed E-state index contributed by atoms with van der Waals surface area (Å²) < 4.78 is 5.01. The maximum atomic E-state index is 11.7. The Balaban J connectivity index is 2.32. The Morgan fingerprint density at radius 3 is 2.58 bits per heavy atom. The molecule has 1 saturated carbocycles. The van der Waals surface area contributed by atoms with Crippen molar-refractivity contribution in [3.05, 3.63) is 0 Å². The minimum absolute atomic E-state index is 0.281. The van der Waals surface area contributed by atoms with Crippen molar-refractivity contribution in [2.75, 3.05) is 19.7 Å². The molecule has 1 atom stereocenters.